The molecule has 108 valence electrons. The highest BCUT2D eigenvalue weighted by Gasteiger charge is 2.51. The number of hydrogen-bond acceptors (Lipinski definition) is 3. The van der Waals surface area contributed by atoms with Gasteiger partial charge in [-0.05, 0) is 84.7 Å². The fraction of sp³-hybridized carbons (Fsp3) is 0.688. The average Bonchev–Trinajstić information content (AvgIpc) is 2.38. The van der Waals surface area contributed by atoms with Gasteiger partial charge in [0, 0.05) is 5.54 Å². The Balaban J connectivity index is 1.64. The maximum Gasteiger partial charge on any atom is 0.141 e. The van der Waals surface area contributed by atoms with Gasteiger partial charge < -0.3 is 11.1 Å². The molecule has 4 heteroatoms. The number of hydrogen-bond donors (Lipinski definition) is 2. The Kier molecular flexibility index (Phi) is 2.82. The normalized spacial score (nSPS) is 38.2. The minimum atomic E-state index is 0.298. The average molecular weight is 336 g/mol. The molecule has 0 amide bonds. The second-order valence-corrected chi connectivity index (χ2v) is 8.12. The molecule has 4 aliphatic rings. The molecule has 3 N–H and O–H groups in total. The second kappa shape index (κ2) is 4.36. The van der Waals surface area contributed by atoms with Crippen molar-refractivity contribution < 1.29 is 0 Å². The Morgan fingerprint density at radius 2 is 1.75 bits per heavy atom. The van der Waals surface area contributed by atoms with Crippen LogP contribution in [0.4, 0.5) is 11.5 Å². The fourth-order valence-corrected chi connectivity index (χ4v) is 5.62. The van der Waals surface area contributed by atoms with Crippen LogP contribution in [0.15, 0.2) is 10.7 Å². The van der Waals surface area contributed by atoms with Gasteiger partial charge in [-0.2, -0.15) is 0 Å². The lowest BCUT2D eigenvalue weighted by Crippen LogP contribution is -2.55. The summed E-state index contributed by atoms with van der Waals surface area (Å²) in [6, 6.07) is 0. The Morgan fingerprint density at radius 1 is 1.20 bits per heavy atom. The molecule has 0 radical (unpaired) electrons. The van der Waals surface area contributed by atoms with E-state index in [0.717, 1.165) is 39.3 Å². The van der Waals surface area contributed by atoms with Gasteiger partial charge in [0.15, 0.2) is 0 Å². The van der Waals surface area contributed by atoms with E-state index in [4.69, 9.17) is 5.73 Å². The van der Waals surface area contributed by atoms with Gasteiger partial charge in [-0.25, -0.2) is 4.98 Å². The van der Waals surface area contributed by atoms with Crippen molar-refractivity contribution in [2.75, 3.05) is 11.1 Å². The molecule has 4 fully saturated rings. The fourth-order valence-electron chi connectivity index (χ4n) is 5.19. The number of nitrogens with zero attached hydrogens (tertiary/aromatic N) is 1. The number of aromatic nitrogens is 1. The van der Waals surface area contributed by atoms with E-state index in [1.165, 1.54) is 38.5 Å². The van der Waals surface area contributed by atoms with Gasteiger partial charge in [0.25, 0.3) is 0 Å². The Bertz CT molecular complexity index is 520. The van der Waals surface area contributed by atoms with Gasteiger partial charge >= 0.3 is 0 Å². The summed E-state index contributed by atoms with van der Waals surface area (Å²) in [4.78, 5) is 4.53. The Hall–Kier alpha value is -0.770. The van der Waals surface area contributed by atoms with E-state index >= 15 is 0 Å². The van der Waals surface area contributed by atoms with Crippen LogP contribution in [0.3, 0.4) is 0 Å². The number of nitrogen functional groups attached to an aromatic ring is 1. The molecule has 5 rings (SSSR count). The first-order chi connectivity index (χ1) is 9.55. The first kappa shape index (κ1) is 12.9. The maximum absolute atomic E-state index is 5.93. The van der Waals surface area contributed by atoms with Crippen LogP contribution in [0.25, 0.3) is 0 Å². The van der Waals surface area contributed by atoms with Gasteiger partial charge in [-0.15, -0.1) is 0 Å². The predicted octanol–water partition coefficient (Wildman–Crippen LogP) is 4.12. The molecule has 1 aromatic heterocycles. The second-order valence-electron chi connectivity index (χ2n) is 7.32. The standard InChI is InChI=1S/C16H22BrN3/c1-9-13(18)8-19-15(14(9)17)20-16-5-10-2-11(6-16)4-12(3-10)7-16/h8,10-12H,2-7,18H2,1H3,(H,19,20). The minimum Gasteiger partial charge on any atom is -0.397 e. The number of halogens is 1. The lowest BCUT2D eigenvalue weighted by molar-refractivity contribution is 0.0105. The van der Waals surface area contributed by atoms with Gasteiger partial charge in [0.05, 0.1) is 16.4 Å². The van der Waals surface area contributed by atoms with Crippen molar-refractivity contribution in [1.82, 2.24) is 4.98 Å². The van der Waals surface area contributed by atoms with E-state index in [9.17, 15) is 0 Å². The zero-order valence-corrected chi connectivity index (χ0v) is 13.5. The summed E-state index contributed by atoms with van der Waals surface area (Å²) >= 11 is 3.67. The lowest BCUT2D eigenvalue weighted by Gasteiger charge is -2.57. The summed E-state index contributed by atoms with van der Waals surface area (Å²) in [7, 11) is 0. The SMILES string of the molecule is Cc1c(N)cnc(NC23CC4CC(CC(C4)C2)C3)c1Br. The predicted molar refractivity (Wildman–Crippen MR) is 85.6 cm³/mol. The number of pyridine rings is 1. The van der Waals surface area contributed by atoms with Crippen molar-refractivity contribution in [3.63, 3.8) is 0 Å². The van der Waals surface area contributed by atoms with E-state index < -0.39 is 0 Å². The molecule has 0 saturated heterocycles. The third-order valence-electron chi connectivity index (χ3n) is 5.72. The van der Waals surface area contributed by atoms with Crippen molar-refractivity contribution in [2.45, 2.75) is 51.0 Å². The lowest BCUT2D eigenvalue weighted by atomic mass is 9.53. The largest absolute Gasteiger partial charge is 0.397 e. The number of nitrogens with one attached hydrogen (secondary N) is 1. The van der Waals surface area contributed by atoms with Crippen LogP contribution in [-0.4, -0.2) is 10.5 Å². The topological polar surface area (TPSA) is 50.9 Å². The van der Waals surface area contributed by atoms with Crippen molar-refractivity contribution in [3.8, 4) is 0 Å². The number of rotatable bonds is 2. The molecular weight excluding hydrogens is 314 g/mol. The van der Waals surface area contributed by atoms with Crippen LogP contribution < -0.4 is 11.1 Å². The number of anilines is 2. The van der Waals surface area contributed by atoms with Crippen LogP contribution in [0.2, 0.25) is 0 Å². The summed E-state index contributed by atoms with van der Waals surface area (Å²) in [5, 5.41) is 3.81. The Labute approximate surface area is 128 Å². The van der Waals surface area contributed by atoms with Crippen LogP contribution in [0.1, 0.15) is 44.1 Å². The quantitative estimate of drug-likeness (QED) is 0.854. The summed E-state index contributed by atoms with van der Waals surface area (Å²) in [5.41, 5.74) is 8.08. The van der Waals surface area contributed by atoms with E-state index in [0.29, 0.717) is 5.54 Å². The highest BCUT2D eigenvalue weighted by Crippen LogP contribution is 2.56. The van der Waals surface area contributed by atoms with Crippen molar-refractivity contribution in [3.05, 3.63) is 16.2 Å². The minimum absolute atomic E-state index is 0.298. The molecule has 0 spiro atoms. The summed E-state index contributed by atoms with van der Waals surface area (Å²) in [6.07, 6.45) is 10.2. The van der Waals surface area contributed by atoms with Crippen molar-refractivity contribution in [1.29, 1.82) is 0 Å². The van der Waals surface area contributed by atoms with Crippen LogP contribution in [0, 0.1) is 24.7 Å². The molecule has 0 unspecified atom stereocenters. The zero-order chi connectivity index (χ0) is 13.9. The molecule has 4 aliphatic carbocycles. The van der Waals surface area contributed by atoms with Crippen LogP contribution in [0.5, 0.6) is 0 Å². The van der Waals surface area contributed by atoms with E-state index in [-0.39, 0.29) is 0 Å². The molecular formula is C16H22BrN3. The molecule has 1 heterocycles. The third-order valence-corrected chi connectivity index (χ3v) is 6.70. The zero-order valence-electron chi connectivity index (χ0n) is 12.0. The van der Waals surface area contributed by atoms with E-state index in [1.54, 1.807) is 6.20 Å². The van der Waals surface area contributed by atoms with Gasteiger partial charge in [0.1, 0.15) is 5.82 Å². The molecule has 1 aromatic rings. The van der Waals surface area contributed by atoms with Crippen molar-refractivity contribution in [2.24, 2.45) is 17.8 Å². The summed E-state index contributed by atoms with van der Waals surface area (Å²) in [5.74, 6) is 3.82. The smallest absolute Gasteiger partial charge is 0.141 e. The first-order valence-electron chi connectivity index (χ1n) is 7.73. The summed E-state index contributed by atoms with van der Waals surface area (Å²) < 4.78 is 1.04. The first-order valence-corrected chi connectivity index (χ1v) is 8.53. The highest BCUT2D eigenvalue weighted by atomic mass is 79.9. The van der Waals surface area contributed by atoms with E-state index in [2.05, 4.69) is 26.2 Å². The number of nitrogens with two attached hydrogens (primary N) is 1. The Morgan fingerprint density at radius 3 is 2.30 bits per heavy atom. The molecule has 4 saturated carbocycles. The van der Waals surface area contributed by atoms with Gasteiger partial charge in [-0.1, -0.05) is 0 Å². The van der Waals surface area contributed by atoms with Gasteiger partial charge in [0.2, 0.25) is 0 Å². The molecule has 4 bridgehead atoms. The molecule has 0 aromatic carbocycles. The van der Waals surface area contributed by atoms with Crippen molar-refractivity contribution >= 4 is 27.4 Å². The van der Waals surface area contributed by atoms with Gasteiger partial charge in [-0.3, -0.25) is 0 Å². The third kappa shape index (κ3) is 1.95. The highest BCUT2D eigenvalue weighted by molar-refractivity contribution is 9.10. The molecule has 20 heavy (non-hydrogen) atoms. The molecule has 0 aliphatic heterocycles. The molecule has 0 atom stereocenters. The molecule has 3 nitrogen and oxygen atoms in total. The van der Waals surface area contributed by atoms with E-state index in [1.807, 2.05) is 6.92 Å². The van der Waals surface area contributed by atoms with Crippen LogP contribution in [-0.2, 0) is 0 Å². The maximum atomic E-state index is 5.93. The monoisotopic (exact) mass is 335 g/mol. The van der Waals surface area contributed by atoms with Crippen LogP contribution >= 0.6 is 15.9 Å². The summed E-state index contributed by atoms with van der Waals surface area (Å²) in [6.45, 7) is 2.05.